The third-order valence-electron chi connectivity index (χ3n) is 4.22. The minimum atomic E-state index is -0.251. The fourth-order valence-electron chi connectivity index (χ4n) is 3.10. The number of imidazole rings is 1. The Bertz CT molecular complexity index is 792. The summed E-state index contributed by atoms with van der Waals surface area (Å²) in [5.74, 6) is 1.20. The van der Waals surface area contributed by atoms with Crippen LogP contribution < -0.4 is 5.56 Å². The first-order chi connectivity index (χ1) is 10.9. The maximum Gasteiger partial charge on any atom is 0.267 e. The molecule has 1 saturated heterocycles. The molecule has 0 aliphatic carbocycles. The Hall–Kier alpha value is -2.44. The average Bonchev–Trinajstić information content (AvgIpc) is 3.09. The van der Waals surface area contributed by atoms with Crippen molar-refractivity contribution in [1.29, 1.82) is 0 Å². The summed E-state index contributed by atoms with van der Waals surface area (Å²) < 4.78 is 3.26. The monoisotopic (exact) mass is 315 g/mol. The zero-order valence-corrected chi connectivity index (χ0v) is 13.7. The molecule has 7 nitrogen and oxygen atoms in total. The van der Waals surface area contributed by atoms with Crippen molar-refractivity contribution in [3.63, 3.8) is 0 Å². The van der Waals surface area contributed by atoms with Gasteiger partial charge in [0.1, 0.15) is 12.4 Å². The highest BCUT2D eigenvalue weighted by Crippen LogP contribution is 2.26. The molecule has 0 aromatic carbocycles. The standard InChI is InChI=1S/C16H21N5O2/c1-11-4-5-14(22)21(18-11)10-15(23)20-7-6-13(9-20)16-17-12(2)8-19(16)3/h4-5,8,13H,6-7,9-10H2,1-3H3/t13-/m1/s1. The van der Waals surface area contributed by atoms with Crippen molar-refractivity contribution in [2.45, 2.75) is 32.7 Å². The highest BCUT2D eigenvalue weighted by atomic mass is 16.2. The first-order valence-electron chi connectivity index (χ1n) is 7.76. The summed E-state index contributed by atoms with van der Waals surface area (Å²) in [6.07, 6.45) is 2.89. The van der Waals surface area contributed by atoms with Crippen molar-refractivity contribution in [2.24, 2.45) is 7.05 Å². The van der Waals surface area contributed by atoms with Gasteiger partial charge in [0.2, 0.25) is 5.91 Å². The molecule has 1 amide bonds. The Kier molecular flexibility index (Phi) is 4.02. The third kappa shape index (κ3) is 3.18. The molecule has 0 saturated carbocycles. The van der Waals surface area contributed by atoms with Crippen LogP contribution in [0.5, 0.6) is 0 Å². The predicted molar refractivity (Wildman–Crippen MR) is 85.1 cm³/mol. The molecular weight excluding hydrogens is 294 g/mol. The Balaban J connectivity index is 1.69. The van der Waals surface area contributed by atoms with Crippen LogP contribution in [0, 0.1) is 13.8 Å². The Labute approximate surface area is 134 Å². The van der Waals surface area contributed by atoms with Crippen molar-refractivity contribution in [3.05, 3.63) is 45.9 Å². The smallest absolute Gasteiger partial charge is 0.267 e. The van der Waals surface area contributed by atoms with Crippen LogP contribution in [0.2, 0.25) is 0 Å². The van der Waals surface area contributed by atoms with Gasteiger partial charge in [-0.3, -0.25) is 9.59 Å². The topological polar surface area (TPSA) is 73.0 Å². The number of rotatable bonds is 3. The van der Waals surface area contributed by atoms with Crippen molar-refractivity contribution >= 4 is 5.91 Å². The maximum absolute atomic E-state index is 12.4. The molecule has 0 bridgehead atoms. The van der Waals surface area contributed by atoms with E-state index in [1.54, 1.807) is 17.9 Å². The van der Waals surface area contributed by atoms with Gasteiger partial charge in [0.15, 0.2) is 0 Å². The maximum atomic E-state index is 12.4. The van der Waals surface area contributed by atoms with Gasteiger partial charge < -0.3 is 9.47 Å². The Morgan fingerprint density at radius 1 is 1.30 bits per heavy atom. The molecule has 2 aromatic rings. The van der Waals surface area contributed by atoms with E-state index in [4.69, 9.17) is 0 Å². The molecular formula is C16H21N5O2. The number of aromatic nitrogens is 4. The van der Waals surface area contributed by atoms with E-state index in [0.29, 0.717) is 13.1 Å². The summed E-state index contributed by atoms with van der Waals surface area (Å²) in [6, 6.07) is 3.09. The van der Waals surface area contributed by atoms with Crippen LogP contribution in [0.25, 0.3) is 0 Å². The van der Waals surface area contributed by atoms with Gasteiger partial charge >= 0.3 is 0 Å². The van der Waals surface area contributed by atoms with Crippen molar-refractivity contribution < 1.29 is 4.79 Å². The average molecular weight is 315 g/mol. The predicted octanol–water partition coefficient (Wildman–Crippen LogP) is 0.610. The van der Waals surface area contributed by atoms with Gasteiger partial charge in [0.05, 0.1) is 11.4 Å². The lowest BCUT2D eigenvalue weighted by Crippen LogP contribution is -2.36. The molecule has 1 fully saturated rings. The lowest BCUT2D eigenvalue weighted by Gasteiger charge is -2.17. The Morgan fingerprint density at radius 2 is 2.09 bits per heavy atom. The van der Waals surface area contributed by atoms with Crippen molar-refractivity contribution in [2.75, 3.05) is 13.1 Å². The molecule has 0 radical (unpaired) electrons. The summed E-state index contributed by atoms with van der Waals surface area (Å²) >= 11 is 0. The van der Waals surface area contributed by atoms with Gasteiger partial charge in [-0.05, 0) is 26.3 Å². The number of amides is 1. The molecule has 2 aromatic heterocycles. The van der Waals surface area contributed by atoms with Crippen LogP contribution in [0.3, 0.4) is 0 Å². The number of carbonyl (C=O) groups excluding carboxylic acids is 1. The van der Waals surface area contributed by atoms with Crippen LogP contribution in [-0.2, 0) is 18.4 Å². The lowest BCUT2D eigenvalue weighted by molar-refractivity contribution is -0.131. The highest BCUT2D eigenvalue weighted by molar-refractivity contribution is 5.76. The van der Waals surface area contributed by atoms with E-state index in [1.807, 2.05) is 24.7 Å². The van der Waals surface area contributed by atoms with E-state index in [2.05, 4.69) is 10.1 Å². The second-order valence-electron chi connectivity index (χ2n) is 6.15. The van der Waals surface area contributed by atoms with E-state index < -0.39 is 0 Å². The van der Waals surface area contributed by atoms with Gasteiger partial charge in [-0.25, -0.2) is 9.67 Å². The van der Waals surface area contributed by atoms with E-state index >= 15 is 0 Å². The fraction of sp³-hybridized carbons (Fsp3) is 0.500. The Morgan fingerprint density at radius 3 is 2.78 bits per heavy atom. The molecule has 3 rings (SSSR count). The number of carbonyl (C=O) groups is 1. The van der Waals surface area contributed by atoms with Crippen LogP contribution in [0.1, 0.15) is 29.6 Å². The van der Waals surface area contributed by atoms with Crippen molar-refractivity contribution in [1.82, 2.24) is 24.2 Å². The van der Waals surface area contributed by atoms with Crippen LogP contribution in [0.4, 0.5) is 0 Å². The second-order valence-corrected chi connectivity index (χ2v) is 6.15. The first-order valence-corrected chi connectivity index (χ1v) is 7.76. The van der Waals surface area contributed by atoms with Gasteiger partial charge in [-0.1, -0.05) is 0 Å². The van der Waals surface area contributed by atoms with E-state index in [0.717, 1.165) is 23.6 Å². The van der Waals surface area contributed by atoms with E-state index in [9.17, 15) is 9.59 Å². The van der Waals surface area contributed by atoms with Gasteiger partial charge in [0.25, 0.3) is 5.56 Å². The third-order valence-corrected chi connectivity index (χ3v) is 4.22. The molecule has 1 atom stereocenters. The summed E-state index contributed by atoms with van der Waals surface area (Å²) in [5.41, 5.74) is 1.46. The van der Waals surface area contributed by atoms with E-state index in [-0.39, 0.29) is 23.9 Å². The van der Waals surface area contributed by atoms with Gasteiger partial charge in [-0.2, -0.15) is 5.10 Å². The second kappa shape index (κ2) is 5.98. The van der Waals surface area contributed by atoms with Crippen molar-refractivity contribution in [3.8, 4) is 0 Å². The van der Waals surface area contributed by atoms with Crippen LogP contribution in [0.15, 0.2) is 23.1 Å². The zero-order valence-electron chi connectivity index (χ0n) is 13.7. The van der Waals surface area contributed by atoms with Crippen LogP contribution >= 0.6 is 0 Å². The molecule has 122 valence electrons. The highest BCUT2D eigenvalue weighted by Gasteiger charge is 2.30. The zero-order chi connectivity index (χ0) is 16.6. The molecule has 0 unspecified atom stereocenters. The molecule has 1 aliphatic rings. The summed E-state index contributed by atoms with van der Waals surface area (Å²) in [5, 5.41) is 4.12. The normalized spacial score (nSPS) is 17.7. The van der Waals surface area contributed by atoms with Gasteiger partial charge in [-0.15, -0.1) is 0 Å². The van der Waals surface area contributed by atoms with Gasteiger partial charge in [0, 0.05) is 38.3 Å². The fourth-order valence-corrected chi connectivity index (χ4v) is 3.10. The number of hydrogen-bond donors (Lipinski definition) is 0. The summed E-state index contributed by atoms with van der Waals surface area (Å²) in [6.45, 7) is 5.10. The lowest BCUT2D eigenvalue weighted by atomic mass is 10.1. The molecule has 7 heteroatoms. The number of nitrogens with zero attached hydrogens (tertiary/aromatic N) is 5. The number of hydrogen-bond acceptors (Lipinski definition) is 4. The molecule has 0 N–H and O–H groups in total. The van der Waals surface area contributed by atoms with E-state index in [1.165, 1.54) is 10.7 Å². The number of aryl methyl sites for hydroxylation is 3. The summed E-state index contributed by atoms with van der Waals surface area (Å²) in [4.78, 5) is 30.6. The molecule has 0 spiro atoms. The SMILES string of the molecule is Cc1cn(C)c([C@@H]2CCN(C(=O)Cn3nc(C)ccc3=O)C2)n1. The molecule has 1 aliphatic heterocycles. The quantitative estimate of drug-likeness (QED) is 0.832. The first kappa shape index (κ1) is 15.5. The van der Waals surface area contributed by atoms with Crippen LogP contribution in [-0.4, -0.2) is 43.2 Å². The molecule has 23 heavy (non-hydrogen) atoms. The summed E-state index contributed by atoms with van der Waals surface area (Å²) in [7, 11) is 1.98. The number of likely N-dealkylation sites (tertiary alicyclic amines) is 1. The minimum absolute atomic E-state index is 0.00712. The largest absolute Gasteiger partial charge is 0.340 e. The molecule has 3 heterocycles. The minimum Gasteiger partial charge on any atom is -0.340 e.